The van der Waals surface area contributed by atoms with Gasteiger partial charge in [-0.25, -0.2) is 0 Å². The van der Waals surface area contributed by atoms with Gasteiger partial charge in [0.1, 0.15) is 0 Å². The Kier molecular flexibility index (Phi) is 6.65. The first kappa shape index (κ1) is 17.5. The number of benzene rings is 1. The van der Waals surface area contributed by atoms with Gasteiger partial charge in [-0.1, -0.05) is 36.7 Å². The molecule has 2 aromatic rings. The first-order valence-corrected chi connectivity index (χ1v) is 8.94. The van der Waals surface area contributed by atoms with Crippen molar-refractivity contribution in [2.75, 3.05) is 11.1 Å². The fourth-order valence-corrected chi connectivity index (χ4v) is 2.75. The minimum Gasteiger partial charge on any atom is -0.338 e. The fraction of sp³-hybridized carbons (Fsp3) is 0.471. The van der Waals surface area contributed by atoms with Gasteiger partial charge in [0, 0.05) is 12.1 Å². The summed E-state index contributed by atoms with van der Waals surface area (Å²) in [5.74, 6) is 1.66. The highest BCUT2D eigenvalue weighted by Crippen LogP contribution is 2.27. The van der Waals surface area contributed by atoms with Crippen LogP contribution in [0.1, 0.15) is 49.2 Å². The average Bonchev–Trinajstić information content (AvgIpc) is 3.02. The number of hydrogen-bond acceptors (Lipinski definition) is 5. The Morgan fingerprint density at radius 2 is 2.17 bits per heavy atom. The fourth-order valence-electron chi connectivity index (χ4n) is 2.04. The first-order valence-electron chi connectivity index (χ1n) is 7.89. The molecular formula is C17H23N3O2S. The molecule has 0 radical (unpaired) electrons. The third-order valence-corrected chi connectivity index (χ3v) is 4.60. The van der Waals surface area contributed by atoms with Crippen molar-refractivity contribution < 1.29 is 9.32 Å². The summed E-state index contributed by atoms with van der Waals surface area (Å²) >= 11 is 1.49. The number of aryl methyl sites for hydroxylation is 2. The molecule has 1 heterocycles. The zero-order chi connectivity index (χ0) is 16.7. The largest absolute Gasteiger partial charge is 0.338 e. The molecule has 1 N–H and O–H groups in total. The lowest BCUT2D eigenvalue weighted by atomic mass is 10.2. The predicted molar refractivity (Wildman–Crippen MR) is 93.6 cm³/mol. The van der Waals surface area contributed by atoms with Gasteiger partial charge in [-0.2, -0.15) is 4.98 Å². The van der Waals surface area contributed by atoms with Gasteiger partial charge in [-0.05, 0) is 31.9 Å². The number of rotatable bonds is 8. The van der Waals surface area contributed by atoms with E-state index in [2.05, 4.69) is 22.4 Å². The second-order valence-corrected chi connectivity index (χ2v) is 6.80. The Morgan fingerprint density at radius 3 is 2.91 bits per heavy atom. The van der Waals surface area contributed by atoms with Gasteiger partial charge >= 0.3 is 0 Å². The maximum atomic E-state index is 12.0. The van der Waals surface area contributed by atoms with Gasteiger partial charge in [-0.3, -0.25) is 4.79 Å². The highest BCUT2D eigenvalue weighted by Gasteiger charge is 2.16. The Balaban J connectivity index is 1.81. The van der Waals surface area contributed by atoms with Crippen LogP contribution >= 0.6 is 11.8 Å². The molecule has 0 bridgehead atoms. The van der Waals surface area contributed by atoms with E-state index in [9.17, 15) is 4.79 Å². The van der Waals surface area contributed by atoms with Gasteiger partial charge in [0.25, 0.3) is 0 Å². The number of carbonyl (C=O) groups excluding carboxylic acids is 1. The van der Waals surface area contributed by atoms with Gasteiger partial charge < -0.3 is 9.84 Å². The molecule has 1 unspecified atom stereocenters. The summed E-state index contributed by atoms with van der Waals surface area (Å²) in [6, 6.07) is 7.74. The molecule has 0 saturated heterocycles. The predicted octanol–water partition coefficient (Wildman–Crippen LogP) is 4.15. The molecule has 0 aliphatic carbocycles. The molecule has 23 heavy (non-hydrogen) atoms. The number of unbranched alkanes of at least 4 members (excludes halogenated alkanes) is 1. The molecule has 6 heteroatoms. The zero-order valence-electron chi connectivity index (χ0n) is 13.8. The molecule has 1 atom stereocenters. The summed E-state index contributed by atoms with van der Waals surface area (Å²) in [6.07, 6.45) is 3.00. The third-order valence-electron chi connectivity index (χ3n) is 3.47. The van der Waals surface area contributed by atoms with E-state index in [1.54, 1.807) is 0 Å². The lowest BCUT2D eigenvalue weighted by molar-refractivity contribution is -0.113. The van der Waals surface area contributed by atoms with Crippen LogP contribution in [0.2, 0.25) is 0 Å². The molecule has 2 rings (SSSR count). The van der Waals surface area contributed by atoms with Gasteiger partial charge in [0.15, 0.2) is 5.82 Å². The van der Waals surface area contributed by atoms with Crippen LogP contribution in [-0.4, -0.2) is 21.8 Å². The number of amides is 1. The van der Waals surface area contributed by atoms with Crippen LogP contribution < -0.4 is 5.32 Å². The van der Waals surface area contributed by atoms with Gasteiger partial charge in [0.2, 0.25) is 11.8 Å². The van der Waals surface area contributed by atoms with Crippen molar-refractivity contribution in [2.45, 2.75) is 45.3 Å². The van der Waals surface area contributed by atoms with Crippen LogP contribution in [0.25, 0.3) is 0 Å². The number of thioether (sulfide) groups is 1. The molecular weight excluding hydrogens is 310 g/mol. The van der Waals surface area contributed by atoms with Crippen LogP contribution in [0, 0.1) is 6.92 Å². The van der Waals surface area contributed by atoms with Crippen molar-refractivity contribution in [3.63, 3.8) is 0 Å². The van der Waals surface area contributed by atoms with Crippen molar-refractivity contribution in [2.24, 2.45) is 0 Å². The summed E-state index contributed by atoms with van der Waals surface area (Å²) in [5.41, 5.74) is 1.90. The zero-order valence-corrected chi connectivity index (χ0v) is 14.7. The van der Waals surface area contributed by atoms with Gasteiger partial charge in [0.05, 0.1) is 11.0 Å². The van der Waals surface area contributed by atoms with E-state index in [0.29, 0.717) is 11.6 Å². The highest BCUT2D eigenvalue weighted by molar-refractivity contribution is 8.00. The number of nitrogens with one attached hydrogen (secondary N) is 1. The monoisotopic (exact) mass is 333 g/mol. The van der Waals surface area contributed by atoms with Crippen molar-refractivity contribution in [1.29, 1.82) is 0 Å². The Bertz CT molecular complexity index is 642. The number of anilines is 1. The second-order valence-electron chi connectivity index (χ2n) is 5.47. The molecule has 0 fully saturated rings. The first-order chi connectivity index (χ1) is 11.1. The van der Waals surface area contributed by atoms with Crippen molar-refractivity contribution in [1.82, 2.24) is 10.1 Å². The van der Waals surface area contributed by atoms with E-state index < -0.39 is 0 Å². The molecule has 5 nitrogen and oxygen atoms in total. The lowest BCUT2D eigenvalue weighted by Crippen LogP contribution is -2.15. The summed E-state index contributed by atoms with van der Waals surface area (Å²) in [4.78, 5) is 16.4. The number of nitrogens with zero attached hydrogens (tertiary/aromatic N) is 2. The van der Waals surface area contributed by atoms with Crippen LogP contribution in [0.3, 0.4) is 0 Å². The molecule has 0 spiro atoms. The van der Waals surface area contributed by atoms with Crippen LogP contribution in [0.4, 0.5) is 5.69 Å². The smallest absolute Gasteiger partial charge is 0.239 e. The third kappa shape index (κ3) is 5.39. The SMILES string of the molecule is CCCCc1noc(C(C)SCC(=O)Nc2ccccc2C)n1. The number of aromatic nitrogens is 2. The van der Waals surface area contributed by atoms with Crippen molar-refractivity contribution >= 4 is 23.4 Å². The summed E-state index contributed by atoms with van der Waals surface area (Å²) in [6.45, 7) is 6.08. The van der Waals surface area contributed by atoms with Crippen LogP contribution in [-0.2, 0) is 11.2 Å². The van der Waals surface area contributed by atoms with Crippen LogP contribution in [0.5, 0.6) is 0 Å². The van der Waals surface area contributed by atoms with E-state index in [4.69, 9.17) is 4.52 Å². The molecule has 1 aromatic carbocycles. The normalized spacial score (nSPS) is 12.1. The Hall–Kier alpha value is -1.82. The number of hydrogen-bond donors (Lipinski definition) is 1. The average molecular weight is 333 g/mol. The summed E-state index contributed by atoms with van der Waals surface area (Å²) < 4.78 is 5.28. The van der Waals surface area contributed by atoms with E-state index in [1.807, 2.05) is 38.1 Å². The van der Waals surface area contributed by atoms with Gasteiger partial charge in [-0.15, -0.1) is 11.8 Å². The van der Waals surface area contributed by atoms with Crippen LogP contribution in [0.15, 0.2) is 28.8 Å². The maximum Gasteiger partial charge on any atom is 0.239 e. The lowest BCUT2D eigenvalue weighted by Gasteiger charge is -2.09. The standard InChI is InChI=1S/C17H23N3O2S/c1-4-5-10-15-19-17(22-20-15)13(3)23-11-16(21)18-14-9-7-6-8-12(14)2/h6-9,13H,4-5,10-11H2,1-3H3,(H,18,21). The summed E-state index contributed by atoms with van der Waals surface area (Å²) in [7, 11) is 0. The minimum absolute atomic E-state index is 0.000460. The van der Waals surface area contributed by atoms with Crippen molar-refractivity contribution in [3.8, 4) is 0 Å². The molecule has 1 amide bonds. The van der Waals surface area contributed by atoms with E-state index >= 15 is 0 Å². The quantitative estimate of drug-likeness (QED) is 0.786. The molecule has 0 aliphatic heterocycles. The molecule has 0 aliphatic rings. The van der Waals surface area contributed by atoms with E-state index in [-0.39, 0.29) is 11.2 Å². The number of carbonyl (C=O) groups is 1. The molecule has 124 valence electrons. The number of para-hydroxylation sites is 1. The second kappa shape index (κ2) is 8.72. The van der Waals surface area contributed by atoms with E-state index in [0.717, 1.165) is 36.3 Å². The molecule has 0 saturated carbocycles. The van der Waals surface area contributed by atoms with E-state index in [1.165, 1.54) is 11.8 Å². The molecule has 1 aromatic heterocycles. The topological polar surface area (TPSA) is 68.0 Å². The highest BCUT2D eigenvalue weighted by atomic mass is 32.2. The summed E-state index contributed by atoms with van der Waals surface area (Å²) in [5, 5.41) is 6.91. The maximum absolute atomic E-state index is 12.0. The Labute approximate surface area is 141 Å². The minimum atomic E-state index is -0.0260. The van der Waals surface area contributed by atoms with Crippen molar-refractivity contribution in [3.05, 3.63) is 41.5 Å². The Morgan fingerprint density at radius 1 is 1.39 bits per heavy atom.